The standard InChI is InChI=1S/C23H23BrN6O2S/c1-12-10-32-5-4-30(12)23(31)13-2-3-15-19(7-13)33-22-20(15)21(25-11-26-22)28-18-6-14-9-27-29-17(14)8-16(18)24/h6,8-9,11-13H,2-5,7,10H2,1H3,(H,27,29)(H,25,26,28)/t12-,13+/m1/s1. The van der Waals surface area contributed by atoms with Crippen LogP contribution in [0.15, 0.2) is 29.1 Å². The summed E-state index contributed by atoms with van der Waals surface area (Å²) in [5.74, 6) is 1.08. The van der Waals surface area contributed by atoms with Crippen LogP contribution in [0.1, 0.15) is 23.8 Å². The van der Waals surface area contributed by atoms with Crippen molar-refractivity contribution >= 4 is 65.8 Å². The van der Waals surface area contributed by atoms with Crippen molar-refractivity contribution in [2.24, 2.45) is 5.92 Å². The van der Waals surface area contributed by atoms with Crippen LogP contribution in [-0.2, 0) is 22.4 Å². The van der Waals surface area contributed by atoms with Crippen LogP contribution in [0, 0.1) is 5.92 Å². The number of aromatic amines is 1. The van der Waals surface area contributed by atoms with Crippen molar-refractivity contribution in [3.8, 4) is 0 Å². The lowest BCUT2D eigenvalue weighted by molar-refractivity contribution is -0.143. The van der Waals surface area contributed by atoms with Crippen molar-refractivity contribution in [2.45, 2.75) is 32.2 Å². The minimum absolute atomic E-state index is 0.0214. The number of aromatic nitrogens is 4. The first-order chi connectivity index (χ1) is 16.1. The fourth-order valence-electron chi connectivity index (χ4n) is 4.89. The molecule has 1 aliphatic carbocycles. The van der Waals surface area contributed by atoms with E-state index in [2.05, 4.69) is 48.3 Å². The number of hydrogen-bond acceptors (Lipinski definition) is 7. The molecule has 6 rings (SSSR count). The third kappa shape index (κ3) is 3.70. The zero-order valence-electron chi connectivity index (χ0n) is 18.1. The van der Waals surface area contributed by atoms with E-state index in [1.54, 1.807) is 23.9 Å². The summed E-state index contributed by atoms with van der Waals surface area (Å²) >= 11 is 5.34. The molecule has 4 aromatic rings. The average Bonchev–Trinajstić information content (AvgIpc) is 3.42. The fourth-order valence-corrected chi connectivity index (χ4v) is 6.60. The summed E-state index contributed by atoms with van der Waals surface area (Å²) in [6, 6.07) is 4.20. The van der Waals surface area contributed by atoms with E-state index >= 15 is 0 Å². The summed E-state index contributed by atoms with van der Waals surface area (Å²) < 4.78 is 6.44. The van der Waals surface area contributed by atoms with Crippen LogP contribution in [0.2, 0.25) is 0 Å². The Morgan fingerprint density at radius 1 is 1.36 bits per heavy atom. The second-order valence-corrected chi connectivity index (χ2v) is 10.7. The Kier molecular flexibility index (Phi) is 5.31. The smallest absolute Gasteiger partial charge is 0.226 e. The molecule has 1 fully saturated rings. The zero-order valence-corrected chi connectivity index (χ0v) is 20.5. The van der Waals surface area contributed by atoms with E-state index in [1.807, 2.05) is 17.0 Å². The van der Waals surface area contributed by atoms with Gasteiger partial charge in [-0.1, -0.05) is 0 Å². The molecule has 3 aromatic heterocycles. The summed E-state index contributed by atoms with van der Waals surface area (Å²) in [5.41, 5.74) is 3.17. The first-order valence-electron chi connectivity index (χ1n) is 11.1. The van der Waals surface area contributed by atoms with Gasteiger partial charge in [-0.25, -0.2) is 9.97 Å². The number of aryl methyl sites for hydroxylation is 1. The first-order valence-corrected chi connectivity index (χ1v) is 12.7. The lowest BCUT2D eigenvalue weighted by Crippen LogP contribution is -2.50. The van der Waals surface area contributed by atoms with Gasteiger partial charge in [0.05, 0.1) is 42.0 Å². The SMILES string of the molecule is C[C@@H]1COCCN1C(=O)[C@H]1CCc2c(sc3ncnc(Nc4cc5cn[nH]c5cc4Br)c23)C1. The molecule has 1 saturated heterocycles. The van der Waals surface area contributed by atoms with Gasteiger partial charge in [-0.05, 0) is 59.8 Å². The quantitative estimate of drug-likeness (QED) is 0.410. The van der Waals surface area contributed by atoms with Crippen molar-refractivity contribution in [3.63, 3.8) is 0 Å². The second kappa shape index (κ2) is 8.34. The highest BCUT2D eigenvalue weighted by Gasteiger charge is 2.34. The monoisotopic (exact) mass is 526 g/mol. The summed E-state index contributed by atoms with van der Waals surface area (Å²) in [6.07, 6.45) is 5.88. The number of nitrogens with one attached hydrogen (secondary N) is 2. The van der Waals surface area contributed by atoms with E-state index in [4.69, 9.17) is 4.74 Å². The Balaban J connectivity index is 1.31. The lowest BCUT2D eigenvalue weighted by atomic mass is 9.86. The Morgan fingerprint density at radius 3 is 3.15 bits per heavy atom. The number of fused-ring (bicyclic) bond motifs is 4. The van der Waals surface area contributed by atoms with E-state index in [-0.39, 0.29) is 17.9 Å². The number of carbonyl (C=O) groups excluding carboxylic acids is 1. The van der Waals surface area contributed by atoms with Gasteiger partial charge in [-0.3, -0.25) is 9.89 Å². The van der Waals surface area contributed by atoms with Crippen molar-refractivity contribution in [1.82, 2.24) is 25.1 Å². The van der Waals surface area contributed by atoms with E-state index in [0.717, 1.165) is 56.4 Å². The second-order valence-electron chi connectivity index (χ2n) is 8.72. The molecule has 1 amide bonds. The number of anilines is 2. The Bertz CT molecular complexity index is 1370. The van der Waals surface area contributed by atoms with Gasteiger partial charge in [0.2, 0.25) is 5.91 Å². The number of amides is 1. The molecule has 10 heteroatoms. The minimum Gasteiger partial charge on any atom is -0.377 e. The van der Waals surface area contributed by atoms with Gasteiger partial charge in [-0.2, -0.15) is 5.10 Å². The van der Waals surface area contributed by atoms with Gasteiger partial charge in [0.25, 0.3) is 0 Å². The van der Waals surface area contributed by atoms with Crippen LogP contribution in [0.3, 0.4) is 0 Å². The highest BCUT2D eigenvalue weighted by molar-refractivity contribution is 9.10. The van der Waals surface area contributed by atoms with Crippen molar-refractivity contribution in [1.29, 1.82) is 0 Å². The summed E-state index contributed by atoms with van der Waals surface area (Å²) in [4.78, 5) is 26.6. The molecule has 0 bridgehead atoms. The maximum Gasteiger partial charge on any atom is 0.226 e. The summed E-state index contributed by atoms with van der Waals surface area (Å²) in [6.45, 7) is 4.00. The molecule has 33 heavy (non-hydrogen) atoms. The molecule has 2 aliphatic rings. The predicted molar refractivity (Wildman–Crippen MR) is 132 cm³/mol. The molecule has 170 valence electrons. The number of nitrogens with zero attached hydrogens (tertiary/aromatic N) is 4. The van der Waals surface area contributed by atoms with Crippen molar-refractivity contribution < 1.29 is 9.53 Å². The number of halogens is 1. The van der Waals surface area contributed by atoms with Crippen LogP contribution in [-0.4, -0.2) is 56.8 Å². The largest absolute Gasteiger partial charge is 0.377 e. The molecule has 8 nitrogen and oxygen atoms in total. The lowest BCUT2D eigenvalue weighted by Gasteiger charge is -2.36. The Hall–Kier alpha value is -2.56. The number of morpholine rings is 1. The molecule has 2 N–H and O–H groups in total. The van der Waals surface area contributed by atoms with Crippen molar-refractivity contribution in [3.05, 3.63) is 39.6 Å². The minimum atomic E-state index is 0.0214. The number of hydrogen-bond donors (Lipinski definition) is 2. The molecule has 0 unspecified atom stereocenters. The van der Waals surface area contributed by atoms with Gasteiger partial charge in [-0.15, -0.1) is 11.3 Å². The molecule has 0 spiro atoms. The number of benzene rings is 1. The van der Waals surface area contributed by atoms with Gasteiger partial charge in [0.15, 0.2) is 0 Å². The van der Waals surface area contributed by atoms with E-state index in [0.29, 0.717) is 19.8 Å². The number of thiophene rings is 1. The topological polar surface area (TPSA) is 96.0 Å². The molecule has 2 atom stereocenters. The highest BCUT2D eigenvalue weighted by Crippen LogP contribution is 2.41. The third-order valence-corrected chi connectivity index (χ3v) is 8.44. The van der Waals surface area contributed by atoms with E-state index in [1.165, 1.54) is 10.4 Å². The van der Waals surface area contributed by atoms with Crippen LogP contribution >= 0.6 is 27.3 Å². The molecular formula is C23H23BrN6O2S. The average molecular weight is 527 g/mol. The van der Waals surface area contributed by atoms with Gasteiger partial charge in [0.1, 0.15) is 17.0 Å². The van der Waals surface area contributed by atoms with Crippen LogP contribution in [0.25, 0.3) is 21.1 Å². The van der Waals surface area contributed by atoms with Crippen LogP contribution < -0.4 is 5.32 Å². The van der Waals surface area contributed by atoms with Gasteiger partial charge >= 0.3 is 0 Å². The number of rotatable bonds is 3. The van der Waals surface area contributed by atoms with E-state index < -0.39 is 0 Å². The zero-order chi connectivity index (χ0) is 22.5. The van der Waals surface area contributed by atoms with Crippen LogP contribution in [0.5, 0.6) is 0 Å². The molecule has 1 aromatic carbocycles. The number of ether oxygens (including phenoxy) is 1. The molecule has 4 heterocycles. The Labute approximate surface area is 202 Å². The normalized spacial score (nSPS) is 20.8. The first kappa shape index (κ1) is 21.0. The molecular weight excluding hydrogens is 504 g/mol. The molecule has 1 aliphatic heterocycles. The van der Waals surface area contributed by atoms with E-state index in [9.17, 15) is 4.79 Å². The molecule has 0 saturated carbocycles. The van der Waals surface area contributed by atoms with Gasteiger partial charge < -0.3 is 15.0 Å². The third-order valence-electron chi connectivity index (χ3n) is 6.63. The number of carbonyl (C=O) groups is 1. The van der Waals surface area contributed by atoms with Crippen LogP contribution in [0.4, 0.5) is 11.5 Å². The predicted octanol–water partition coefficient (Wildman–Crippen LogP) is 4.43. The summed E-state index contributed by atoms with van der Waals surface area (Å²) in [5, 5.41) is 12.7. The summed E-state index contributed by atoms with van der Waals surface area (Å²) in [7, 11) is 0. The fraction of sp³-hybridized carbons (Fsp3) is 0.391. The van der Waals surface area contributed by atoms with Gasteiger partial charge in [0, 0.05) is 27.2 Å². The van der Waals surface area contributed by atoms with Crippen molar-refractivity contribution in [2.75, 3.05) is 25.1 Å². The maximum atomic E-state index is 13.2. The highest BCUT2D eigenvalue weighted by atomic mass is 79.9. The Morgan fingerprint density at radius 2 is 2.27 bits per heavy atom. The number of H-pyrrole nitrogens is 1. The molecule has 0 radical (unpaired) electrons. The maximum absolute atomic E-state index is 13.2.